The lowest BCUT2D eigenvalue weighted by atomic mass is 10.2. The van der Waals surface area contributed by atoms with E-state index in [9.17, 15) is 0 Å². The summed E-state index contributed by atoms with van der Waals surface area (Å²) in [7, 11) is 0. The molecule has 0 amide bonds. The molecule has 0 fully saturated rings. The fourth-order valence-corrected chi connectivity index (χ4v) is 1.21. The normalized spacial score (nSPS) is 9.87. The maximum atomic E-state index is 6.82. The van der Waals surface area contributed by atoms with E-state index >= 15 is 0 Å². The Bertz CT molecular complexity index is 493. The monoisotopic (exact) mass is 199 g/mol. The first-order valence-corrected chi connectivity index (χ1v) is 4.46. The third kappa shape index (κ3) is 1.87. The largest absolute Gasteiger partial charge is 0.444 e. The molecule has 0 saturated heterocycles. The number of nitrogens with two attached hydrogens (primary N) is 1. The van der Waals surface area contributed by atoms with Gasteiger partial charge in [0, 0.05) is 12.1 Å². The predicted molar refractivity (Wildman–Crippen MR) is 56.1 cm³/mol. The first-order valence-electron chi connectivity index (χ1n) is 4.46. The van der Waals surface area contributed by atoms with Crippen molar-refractivity contribution in [3.05, 3.63) is 47.6 Å². The summed E-state index contributed by atoms with van der Waals surface area (Å²) in [6.07, 6.45) is 1.54. The van der Waals surface area contributed by atoms with Gasteiger partial charge in [-0.05, 0) is 0 Å². The Morgan fingerprint density at radius 1 is 1.33 bits per heavy atom. The average molecular weight is 199 g/mol. The zero-order valence-electron chi connectivity index (χ0n) is 7.97. The predicted octanol–water partition coefficient (Wildman–Crippen LogP) is 2.35. The Morgan fingerprint density at radius 3 is 2.60 bits per heavy atom. The Hall–Kier alpha value is -2.12. The van der Waals surface area contributed by atoms with Crippen molar-refractivity contribution >= 4 is 5.69 Å². The molecule has 0 saturated carbocycles. The van der Waals surface area contributed by atoms with E-state index in [2.05, 4.69) is 9.83 Å². The molecule has 0 aliphatic rings. The number of aromatic nitrogens is 1. The zero-order chi connectivity index (χ0) is 10.7. The molecular weight excluding hydrogens is 190 g/mol. The summed E-state index contributed by atoms with van der Waals surface area (Å²) in [5.74, 6) is 0.534. The number of hydrogen-bond donors (Lipinski definition) is 1. The minimum Gasteiger partial charge on any atom is -0.444 e. The Labute approximate surface area is 87.2 Å². The van der Waals surface area contributed by atoms with Gasteiger partial charge in [0.2, 0.25) is 5.89 Å². The summed E-state index contributed by atoms with van der Waals surface area (Å²) in [5, 5.41) is 0. The molecule has 0 bridgehead atoms. The zero-order valence-corrected chi connectivity index (χ0v) is 7.97. The molecule has 0 unspecified atom stereocenters. The molecular formula is C11H9N3O. The molecule has 2 N–H and O–H groups in total. The summed E-state index contributed by atoms with van der Waals surface area (Å²) in [5.41, 5.74) is 7.60. The standard InChI is InChI=1S/C11H9N3O/c1-13-9-4-2-8(3-5-9)11-14-10(6-12)7-15-11/h2-5,7H,6,12H2. The fourth-order valence-electron chi connectivity index (χ4n) is 1.21. The Balaban J connectivity index is 2.33. The van der Waals surface area contributed by atoms with E-state index in [-0.39, 0.29) is 0 Å². The molecule has 4 nitrogen and oxygen atoms in total. The van der Waals surface area contributed by atoms with E-state index in [1.54, 1.807) is 24.3 Å². The smallest absolute Gasteiger partial charge is 0.226 e. The second kappa shape index (κ2) is 3.95. The molecule has 15 heavy (non-hydrogen) atoms. The van der Waals surface area contributed by atoms with Crippen molar-refractivity contribution in [1.82, 2.24) is 4.98 Å². The molecule has 0 aliphatic carbocycles. The van der Waals surface area contributed by atoms with Crippen LogP contribution in [0.2, 0.25) is 0 Å². The van der Waals surface area contributed by atoms with Gasteiger partial charge in [-0.3, -0.25) is 0 Å². The van der Waals surface area contributed by atoms with Crippen molar-refractivity contribution in [2.75, 3.05) is 0 Å². The van der Waals surface area contributed by atoms with Gasteiger partial charge in [-0.2, -0.15) is 0 Å². The van der Waals surface area contributed by atoms with E-state index in [1.807, 2.05) is 0 Å². The molecule has 4 heteroatoms. The van der Waals surface area contributed by atoms with Gasteiger partial charge >= 0.3 is 0 Å². The van der Waals surface area contributed by atoms with Crippen molar-refractivity contribution < 1.29 is 4.42 Å². The molecule has 2 aromatic rings. The summed E-state index contributed by atoms with van der Waals surface area (Å²) >= 11 is 0. The van der Waals surface area contributed by atoms with Crippen LogP contribution in [-0.2, 0) is 6.54 Å². The van der Waals surface area contributed by atoms with Crippen molar-refractivity contribution in [2.45, 2.75) is 6.54 Å². The minimum absolute atomic E-state index is 0.365. The number of hydrogen-bond acceptors (Lipinski definition) is 3. The van der Waals surface area contributed by atoms with Crippen LogP contribution >= 0.6 is 0 Å². The molecule has 0 aliphatic heterocycles. The van der Waals surface area contributed by atoms with Crippen LogP contribution in [0, 0.1) is 6.57 Å². The molecule has 0 spiro atoms. The summed E-state index contributed by atoms with van der Waals surface area (Å²) in [6, 6.07) is 7.07. The molecule has 1 aromatic heterocycles. The average Bonchev–Trinajstić information content (AvgIpc) is 2.78. The van der Waals surface area contributed by atoms with E-state index in [0.717, 1.165) is 11.3 Å². The van der Waals surface area contributed by atoms with Gasteiger partial charge in [-0.1, -0.05) is 24.3 Å². The highest BCUT2D eigenvalue weighted by Crippen LogP contribution is 2.21. The lowest BCUT2D eigenvalue weighted by Crippen LogP contribution is -1.95. The fraction of sp³-hybridized carbons (Fsp3) is 0.0909. The highest BCUT2D eigenvalue weighted by Gasteiger charge is 2.04. The van der Waals surface area contributed by atoms with Gasteiger partial charge in [0.1, 0.15) is 6.26 Å². The topological polar surface area (TPSA) is 56.4 Å². The molecule has 0 atom stereocenters. The molecule has 74 valence electrons. The third-order valence-corrected chi connectivity index (χ3v) is 2.00. The van der Waals surface area contributed by atoms with Gasteiger partial charge in [0.15, 0.2) is 5.69 Å². The molecule has 0 radical (unpaired) electrons. The Kier molecular flexibility index (Phi) is 2.48. The van der Waals surface area contributed by atoms with Gasteiger partial charge in [-0.25, -0.2) is 9.83 Å². The number of rotatable bonds is 2. The van der Waals surface area contributed by atoms with Gasteiger partial charge < -0.3 is 10.2 Å². The van der Waals surface area contributed by atoms with E-state index < -0.39 is 0 Å². The van der Waals surface area contributed by atoms with Gasteiger partial charge in [0.25, 0.3) is 0 Å². The molecule has 1 aromatic carbocycles. The lowest BCUT2D eigenvalue weighted by molar-refractivity contribution is 0.572. The Morgan fingerprint density at radius 2 is 2.07 bits per heavy atom. The van der Waals surface area contributed by atoms with E-state index in [4.69, 9.17) is 16.7 Å². The number of benzene rings is 1. The van der Waals surface area contributed by atoms with Crippen molar-refractivity contribution in [1.29, 1.82) is 0 Å². The second-order valence-electron chi connectivity index (χ2n) is 3.01. The first-order chi connectivity index (χ1) is 7.33. The van der Waals surface area contributed by atoms with Crippen LogP contribution in [0.3, 0.4) is 0 Å². The van der Waals surface area contributed by atoms with Crippen LogP contribution in [-0.4, -0.2) is 4.98 Å². The van der Waals surface area contributed by atoms with Crippen molar-refractivity contribution in [3.63, 3.8) is 0 Å². The van der Waals surface area contributed by atoms with Crippen LogP contribution in [0.5, 0.6) is 0 Å². The van der Waals surface area contributed by atoms with Crippen LogP contribution in [0.4, 0.5) is 5.69 Å². The minimum atomic E-state index is 0.365. The number of oxazole rings is 1. The summed E-state index contributed by atoms with van der Waals surface area (Å²) in [6.45, 7) is 7.19. The van der Waals surface area contributed by atoms with Crippen LogP contribution < -0.4 is 5.73 Å². The maximum Gasteiger partial charge on any atom is 0.226 e. The quantitative estimate of drug-likeness (QED) is 0.755. The number of nitrogens with zero attached hydrogens (tertiary/aromatic N) is 2. The van der Waals surface area contributed by atoms with E-state index in [1.165, 1.54) is 6.26 Å². The highest BCUT2D eigenvalue weighted by molar-refractivity contribution is 5.58. The van der Waals surface area contributed by atoms with Crippen LogP contribution in [0.15, 0.2) is 34.9 Å². The van der Waals surface area contributed by atoms with Crippen molar-refractivity contribution in [3.8, 4) is 11.5 Å². The van der Waals surface area contributed by atoms with Gasteiger partial charge in [0.05, 0.1) is 12.3 Å². The molecule has 2 rings (SSSR count). The van der Waals surface area contributed by atoms with E-state index in [0.29, 0.717) is 18.1 Å². The first kappa shape index (κ1) is 9.44. The summed E-state index contributed by atoms with van der Waals surface area (Å²) in [4.78, 5) is 7.49. The van der Waals surface area contributed by atoms with Crippen LogP contribution in [0.25, 0.3) is 16.3 Å². The lowest BCUT2D eigenvalue weighted by Gasteiger charge is -1.94. The second-order valence-corrected chi connectivity index (χ2v) is 3.01. The summed E-state index contributed by atoms with van der Waals surface area (Å²) < 4.78 is 5.25. The van der Waals surface area contributed by atoms with Gasteiger partial charge in [-0.15, -0.1) is 0 Å². The third-order valence-electron chi connectivity index (χ3n) is 2.00. The van der Waals surface area contributed by atoms with Crippen LogP contribution in [0.1, 0.15) is 5.69 Å². The van der Waals surface area contributed by atoms with Crippen molar-refractivity contribution in [2.24, 2.45) is 5.73 Å². The SMILES string of the molecule is [C-]#[N+]c1ccc(-c2nc(CN)co2)cc1. The highest BCUT2D eigenvalue weighted by atomic mass is 16.3. The molecule has 1 heterocycles. The maximum absolute atomic E-state index is 6.82.